The zero-order chi connectivity index (χ0) is 13.0. The minimum atomic E-state index is -0.0164. The van der Waals surface area contributed by atoms with E-state index in [0.717, 1.165) is 17.0 Å². The lowest BCUT2D eigenvalue weighted by Gasteiger charge is -2.11. The predicted molar refractivity (Wildman–Crippen MR) is 74.9 cm³/mol. The second-order valence-electron chi connectivity index (χ2n) is 4.45. The maximum absolute atomic E-state index is 11.8. The molecular weight excluding hydrogens is 252 g/mol. The van der Waals surface area contributed by atoms with Gasteiger partial charge < -0.3 is 10.6 Å². The zero-order valence-corrected chi connectivity index (χ0v) is 12.5. The summed E-state index contributed by atoms with van der Waals surface area (Å²) in [6, 6.07) is 0. The lowest BCUT2D eigenvalue weighted by Crippen LogP contribution is -2.34. The van der Waals surface area contributed by atoms with Crippen molar-refractivity contribution in [1.82, 2.24) is 20.4 Å². The minimum absolute atomic E-state index is 0. The lowest BCUT2D eigenvalue weighted by molar-refractivity contribution is -0.124. The van der Waals surface area contributed by atoms with E-state index in [1.54, 1.807) is 0 Å². The van der Waals surface area contributed by atoms with Gasteiger partial charge >= 0.3 is 0 Å². The fourth-order valence-electron chi connectivity index (χ4n) is 1.82. The van der Waals surface area contributed by atoms with Gasteiger partial charge in [-0.05, 0) is 20.9 Å². The smallest absolute Gasteiger partial charge is 0.224 e. The van der Waals surface area contributed by atoms with Crippen LogP contribution < -0.4 is 10.6 Å². The SMILES string of the molecule is CNCC(C)C(=O)NCc1c(C)nn(C)c1C.Cl. The summed E-state index contributed by atoms with van der Waals surface area (Å²) in [5, 5.41) is 10.3. The molecule has 6 heteroatoms. The van der Waals surface area contributed by atoms with Crippen LogP contribution in [0.25, 0.3) is 0 Å². The molecule has 0 bridgehead atoms. The molecule has 2 N–H and O–H groups in total. The molecule has 1 rings (SSSR count). The zero-order valence-electron chi connectivity index (χ0n) is 11.7. The Morgan fingerprint density at radius 2 is 2.06 bits per heavy atom. The largest absolute Gasteiger partial charge is 0.352 e. The molecule has 0 saturated heterocycles. The fourth-order valence-corrected chi connectivity index (χ4v) is 1.82. The average molecular weight is 275 g/mol. The molecule has 1 aromatic rings. The van der Waals surface area contributed by atoms with Crippen LogP contribution in [0.4, 0.5) is 0 Å². The van der Waals surface area contributed by atoms with Gasteiger partial charge in [-0.1, -0.05) is 6.92 Å². The van der Waals surface area contributed by atoms with Gasteiger partial charge in [-0.15, -0.1) is 12.4 Å². The molecule has 1 atom stereocenters. The summed E-state index contributed by atoms with van der Waals surface area (Å²) in [5.41, 5.74) is 3.19. The fraction of sp³-hybridized carbons (Fsp3) is 0.667. The summed E-state index contributed by atoms with van der Waals surface area (Å²) in [5.74, 6) is 0.0549. The Balaban J connectivity index is 0.00000289. The molecule has 0 aliphatic heterocycles. The van der Waals surface area contributed by atoms with Crippen LogP contribution in [0.2, 0.25) is 0 Å². The molecule has 18 heavy (non-hydrogen) atoms. The van der Waals surface area contributed by atoms with Crippen molar-refractivity contribution in [2.45, 2.75) is 27.3 Å². The molecule has 0 fully saturated rings. The van der Waals surface area contributed by atoms with E-state index in [4.69, 9.17) is 0 Å². The molecule has 1 amide bonds. The van der Waals surface area contributed by atoms with Crippen molar-refractivity contribution in [3.8, 4) is 0 Å². The molecule has 0 aliphatic carbocycles. The Bertz CT molecular complexity index is 403. The second kappa shape index (κ2) is 7.38. The predicted octanol–water partition coefficient (Wildman–Crippen LogP) is 0.930. The Morgan fingerprint density at radius 1 is 1.44 bits per heavy atom. The topological polar surface area (TPSA) is 59.0 Å². The third-order valence-electron chi connectivity index (χ3n) is 3.06. The van der Waals surface area contributed by atoms with E-state index in [-0.39, 0.29) is 24.2 Å². The molecule has 0 spiro atoms. The summed E-state index contributed by atoms with van der Waals surface area (Å²) in [7, 11) is 3.76. The number of nitrogens with one attached hydrogen (secondary N) is 2. The Hall–Kier alpha value is -1.07. The van der Waals surface area contributed by atoms with Crippen LogP contribution in [0.1, 0.15) is 23.9 Å². The van der Waals surface area contributed by atoms with Crippen LogP contribution >= 0.6 is 12.4 Å². The highest BCUT2D eigenvalue weighted by molar-refractivity contribution is 5.85. The summed E-state index contributed by atoms with van der Waals surface area (Å²) in [6.45, 7) is 7.13. The van der Waals surface area contributed by atoms with E-state index in [1.807, 2.05) is 39.5 Å². The number of carbonyl (C=O) groups is 1. The quantitative estimate of drug-likeness (QED) is 0.840. The molecule has 1 aromatic heterocycles. The number of halogens is 1. The van der Waals surface area contributed by atoms with Gasteiger partial charge in [-0.3, -0.25) is 9.48 Å². The van der Waals surface area contributed by atoms with Gasteiger partial charge in [0.25, 0.3) is 0 Å². The van der Waals surface area contributed by atoms with Crippen LogP contribution in [0, 0.1) is 19.8 Å². The second-order valence-corrected chi connectivity index (χ2v) is 4.45. The van der Waals surface area contributed by atoms with Crippen LogP contribution in [-0.2, 0) is 18.4 Å². The van der Waals surface area contributed by atoms with Crippen molar-refractivity contribution in [2.24, 2.45) is 13.0 Å². The number of aryl methyl sites for hydroxylation is 2. The van der Waals surface area contributed by atoms with Crippen molar-refractivity contribution < 1.29 is 4.79 Å². The molecule has 0 saturated carbocycles. The maximum Gasteiger partial charge on any atom is 0.224 e. The van der Waals surface area contributed by atoms with E-state index in [9.17, 15) is 4.79 Å². The molecule has 0 aliphatic rings. The number of hydrogen-bond donors (Lipinski definition) is 2. The van der Waals surface area contributed by atoms with Crippen LogP contribution in [0.5, 0.6) is 0 Å². The van der Waals surface area contributed by atoms with E-state index < -0.39 is 0 Å². The third-order valence-corrected chi connectivity index (χ3v) is 3.06. The molecular formula is C12H23ClN4O. The molecule has 0 radical (unpaired) electrons. The summed E-state index contributed by atoms with van der Waals surface area (Å²) < 4.78 is 1.84. The van der Waals surface area contributed by atoms with Crippen molar-refractivity contribution >= 4 is 18.3 Å². The van der Waals surface area contributed by atoms with Crippen molar-refractivity contribution in [2.75, 3.05) is 13.6 Å². The first-order valence-corrected chi connectivity index (χ1v) is 5.88. The number of nitrogens with zero attached hydrogens (tertiary/aromatic N) is 2. The van der Waals surface area contributed by atoms with Gasteiger partial charge in [0.2, 0.25) is 5.91 Å². The lowest BCUT2D eigenvalue weighted by atomic mass is 10.1. The standard InChI is InChI=1S/C12H22N4O.ClH/c1-8(6-13-4)12(17)14-7-11-9(2)15-16(5)10(11)3;/h8,13H,6-7H2,1-5H3,(H,14,17);1H. The highest BCUT2D eigenvalue weighted by Gasteiger charge is 2.14. The Morgan fingerprint density at radius 3 is 2.50 bits per heavy atom. The first kappa shape index (κ1) is 16.9. The number of carbonyl (C=O) groups excluding carboxylic acids is 1. The number of amides is 1. The molecule has 1 unspecified atom stereocenters. The molecule has 1 heterocycles. The van der Waals surface area contributed by atoms with E-state index in [0.29, 0.717) is 13.1 Å². The molecule has 5 nitrogen and oxygen atoms in total. The third kappa shape index (κ3) is 3.99. The van der Waals surface area contributed by atoms with Crippen LogP contribution in [-0.4, -0.2) is 29.3 Å². The van der Waals surface area contributed by atoms with Gasteiger partial charge in [0.15, 0.2) is 0 Å². The first-order chi connectivity index (χ1) is 7.97. The average Bonchev–Trinajstić information content (AvgIpc) is 2.51. The van der Waals surface area contributed by atoms with Gasteiger partial charge in [0.05, 0.1) is 5.69 Å². The normalized spacial score (nSPS) is 11.8. The highest BCUT2D eigenvalue weighted by Crippen LogP contribution is 2.11. The van der Waals surface area contributed by atoms with Gasteiger partial charge in [-0.25, -0.2) is 0 Å². The first-order valence-electron chi connectivity index (χ1n) is 5.88. The van der Waals surface area contributed by atoms with E-state index in [1.165, 1.54) is 0 Å². The van der Waals surface area contributed by atoms with Crippen molar-refractivity contribution in [3.05, 3.63) is 17.0 Å². The van der Waals surface area contributed by atoms with Crippen molar-refractivity contribution in [3.63, 3.8) is 0 Å². The highest BCUT2D eigenvalue weighted by atomic mass is 35.5. The molecule has 104 valence electrons. The Kier molecular flexibility index (Phi) is 6.94. The van der Waals surface area contributed by atoms with Crippen LogP contribution in [0.15, 0.2) is 0 Å². The van der Waals surface area contributed by atoms with Gasteiger partial charge in [-0.2, -0.15) is 5.10 Å². The number of aromatic nitrogens is 2. The summed E-state index contributed by atoms with van der Waals surface area (Å²) in [6.07, 6.45) is 0. The van der Waals surface area contributed by atoms with E-state index in [2.05, 4.69) is 15.7 Å². The summed E-state index contributed by atoms with van der Waals surface area (Å²) in [4.78, 5) is 11.8. The minimum Gasteiger partial charge on any atom is -0.352 e. The monoisotopic (exact) mass is 274 g/mol. The summed E-state index contributed by atoms with van der Waals surface area (Å²) >= 11 is 0. The molecule has 0 aromatic carbocycles. The number of hydrogen-bond acceptors (Lipinski definition) is 3. The Labute approximate surface area is 115 Å². The van der Waals surface area contributed by atoms with Crippen LogP contribution in [0.3, 0.4) is 0 Å². The van der Waals surface area contributed by atoms with E-state index >= 15 is 0 Å². The van der Waals surface area contributed by atoms with Gasteiger partial charge in [0, 0.05) is 37.3 Å². The maximum atomic E-state index is 11.8. The van der Waals surface area contributed by atoms with Gasteiger partial charge in [0.1, 0.15) is 0 Å². The number of rotatable bonds is 5. The van der Waals surface area contributed by atoms with Crippen molar-refractivity contribution in [1.29, 1.82) is 0 Å².